The van der Waals surface area contributed by atoms with Crippen LogP contribution in [0.15, 0.2) is 66.6 Å². The summed E-state index contributed by atoms with van der Waals surface area (Å²) >= 11 is 0. The van der Waals surface area contributed by atoms with Gasteiger partial charge in [0.1, 0.15) is 23.8 Å². The number of nitrogens with zero attached hydrogens (tertiary/aromatic N) is 2. The van der Waals surface area contributed by atoms with E-state index in [1.54, 1.807) is 26.0 Å². The molecule has 2 heterocycles. The van der Waals surface area contributed by atoms with Crippen molar-refractivity contribution in [2.75, 3.05) is 32.8 Å². The Hall–Kier alpha value is -4.64. The number of unbranched alkanes of at least 4 members (excludes halogenated alkanes) is 1. The largest absolute Gasteiger partial charge is 0.493 e. The van der Waals surface area contributed by atoms with Crippen molar-refractivity contribution in [3.05, 3.63) is 112 Å². The lowest BCUT2D eigenvalue weighted by molar-refractivity contribution is -0.144. The summed E-state index contributed by atoms with van der Waals surface area (Å²) in [6.07, 6.45) is 5.16. The topological polar surface area (TPSA) is 89.9 Å². The highest BCUT2D eigenvalue weighted by molar-refractivity contribution is 5.82. The zero-order valence-electron chi connectivity index (χ0n) is 29.9. The Labute approximate surface area is 298 Å². The number of benzene rings is 2. The lowest BCUT2D eigenvalue weighted by atomic mass is 9.91. The molecule has 51 heavy (non-hydrogen) atoms. The minimum atomic E-state index is -1.27. The third-order valence-corrected chi connectivity index (χ3v) is 8.91. The molecule has 0 unspecified atom stereocenters. The zero-order valence-corrected chi connectivity index (χ0v) is 29.9. The normalized spacial score (nSPS) is 14.3. The van der Waals surface area contributed by atoms with Gasteiger partial charge in [-0.1, -0.05) is 18.2 Å². The molecule has 0 aliphatic carbocycles. The molecular weight excluding hydrogens is 659 g/mol. The quantitative estimate of drug-likeness (QED) is 0.0856. The maximum absolute atomic E-state index is 16.1. The van der Waals surface area contributed by atoms with Crippen LogP contribution in [0.2, 0.25) is 0 Å². The van der Waals surface area contributed by atoms with E-state index in [0.717, 1.165) is 40.2 Å². The first kappa shape index (κ1) is 39.2. The third-order valence-electron chi connectivity index (χ3n) is 8.91. The Kier molecular flexibility index (Phi) is 13.8. The number of rotatable bonds is 18. The Morgan fingerprint density at radius 3 is 2.47 bits per heavy atom. The Bertz CT molecular complexity index is 1800. The Morgan fingerprint density at radius 1 is 1.06 bits per heavy atom. The van der Waals surface area contributed by atoms with Crippen LogP contribution in [0, 0.1) is 32.4 Å². The SMILES string of the molecule is C=CCCCOc1cc(C)cc(C)c1-c1cc(C)c(F)c([C@H](CC(=O)OCC)NC(=O)[C@H](CC=C)n2cc(CCN3CC(F)C3)cc(F)c2=O)c1. The van der Waals surface area contributed by atoms with E-state index in [1.165, 1.54) is 12.3 Å². The predicted octanol–water partition coefficient (Wildman–Crippen LogP) is 7.19. The molecule has 1 saturated heterocycles. The maximum atomic E-state index is 16.1. The highest BCUT2D eigenvalue weighted by atomic mass is 19.1. The van der Waals surface area contributed by atoms with Crippen molar-refractivity contribution >= 4 is 11.9 Å². The van der Waals surface area contributed by atoms with Gasteiger partial charge in [-0.05, 0) is 105 Å². The Morgan fingerprint density at radius 2 is 1.80 bits per heavy atom. The van der Waals surface area contributed by atoms with Gasteiger partial charge in [-0.25, -0.2) is 13.2 Å². The van der Waals surface area contributed by atoms with E-state index in [1.807, 2.05) is 37.0 Å². The van der Waals surface area contributed by atoms with Gasteiger partial charge in [0, 0.05) is 37.0 Å². The number of aromatic nitrogens is 1. The molecule has 8 nitrogen and oxygen atoms in total. The van der Waals surface area contributed by atoms with E-state index in [4.69, 9.17) is 9.47 Å². The molecule has 1 aliphatic heterocycles. The molecule has 0 radical (unpaired) electrons. The Balaban J connectivity index is 1.74. The van der Waals surface area contributed by atoms with Crippen LogP contribution in [0.5, 0.6) is 5.75 Å². The molecule has 4 rings (SSSR count). The van der Waals surface area contributed by atoms with Gasteiger partial charge >= 0.3 is 5.97 Å². The van der Waals surface area contributed by atoms with Gasteiger partial charge in [0.15, 0.2) is 5.82 Å². The standard InChI is InChI=1S/C40H48F3N3O5/c1-7-10-11-15-51-35-17-25(4)16-26(5)37(35)29-18-27(6)38(43)31(20-29)33(21-36(47)50-9-3)44-39(48)34(12-8-2)46-22-28(19-32(42)40(46)49)13-14-45-23-30(41)24-45/h7-8,16-20,22,30,33-34H,1-2,9-15,21,23-24H2,3-6H3,(H,44,48)/t33-,34-/m0/s1. The van der Waals surface area contributed by atoms with Gasteiger partial charge < -0.3 is 14.8 Å². The molecule has 0 spiro atoms. The van der Waals surface area contributed by atoms with E-state index in [2.05, 4.69) is 18.5 Å². The third kappa shape index (κ3) is 10.00. The predicted molar refractivity (Wildman–Crippen MR) is 193 cm³/mol. The van der Waals surface area contributed by atoms with Crippen molar-refractivity contribution in [1.82, 2.24) is 14.8 Å². The molecule has 1 fully saturated rings. The fourth-order valence-corrected chi connectivity index (χ4v) is 6.38. The summed E-state index contributed by atoms with van der Waals surface area (Å²) in [6, 6.07) is 5.83. The fraction of sp³-hybridized carbons (Fsp3) is 0.425. The lowest BCUT2D eigenvalue weighted by Gasteiger charge is -2.34. The number of ether oxygens (including phenoxy) is 2. The molecule has 2 aromatic carbocycles. The minimum Gasteiger partial charge on any atom is -0.493 e. The molecule has 0 bridgehead atoms. The van der Waals surface area contributed by atoms with Crippen LogP contribution in [0.4, 0.5) is 13.2 Å². The number of nitrogens with one attached hydrogen (secondary N) is 1. The first-order valence-electron chi connectivity index (χ1n) is 17.4. The molecule has 1 amide bonds. The summed E-state index contributed by atoms with van der Waals surface area (Å²) in [5.41, 5.74) is 2.99. The molecule has 3 aromatic rings. The second-order valence-corrected chi connectivity index (χ2v) is 13.1. The first-order valence-corrected chi connectivity index (χ1v) is 17.4. The van der Waals surface area contributed by atoms with Gasteiger partial charge in [-0.3, -0.25) is 23.9 Å². The van der Waals surface area contributed by atoms with Crippen molar-refractivity contribution in [2.24, 2.45) is 0 Å². The van der Waals surface area contributed by atoms with Crippen LogP contribution < -0.4 is 15.6 Å². The van der Waals surface area contributed by atoms with E-state index in [9.17, 15) is 23.2 Å². The zero-order chi connectivity index (χ0) is 37.2. The number of alkyl halides is 1. The van der Waals surface area contributed by atoms with E-state index < -0.39 is 53.7 Å². The number of allylic oxidation sites excluding steroid dienone is 2. The van der Waals surface area contributed by atoms with Crippen LogP contribution in [0.25, 0.3) is 11.1 Å². The fourth-order valence-electron chi connectivity index (χ4n) is 6.38. The van der Waals surface area contributed by atoms with E-state index in [-0.39, 0.29) is 37.2 Å². The van der Waals surface area contributed by atoms with Crippen molar-refractivity contribution in [2.45, 2.75) is 78.1 Å². The second kappa shape index (κ2) is 18.0. The van der Waals surface area contributed by atoms with Crippen molar-refractivity contribution in [3.63, 3.8) is 0 Å². The van der Waals surface area contributed by atoms with Gasteiger partial charge in [-0.15, -0.1) is 13.2 Å². The number of carbonyl (C=O) groups is 2. The summed E-state index contributed by atoms with van der Waals surface area (Å²) in [7, 11) is 0. The number of likely N-dealkylation sites (tertiary alicyclic amines) is 1. The number of carbonyl (C=O) groups excluding carboxylic acids is 2. The van der Waals surface area contributed by atoms with Gasteiger partial charge in [0.2, 0.25) is 5.91 Å². The van der Waals surface area contributed by atoms with Gasteiger partial charge in [0.25, 0.3) is 5.56 Å². The van der Waals surface area contributed by atoms with E-state index in [0.29, 0.717) is 36.4 Å². The number of aryl methyl sites for hydroxylation is 3. The average Bonchev–Trinajstić information content (AvgIpc) is 3.06. The van der Waals surface area contributed by atoms with Crippen molar-refractivity contribution in [1.29, 1.82) is 0 Å². The average molecular weight is 708 g/mol. The smallest absolute Gasteiger partial charge is 0.308 e. The summed E-state index contributed by atoms with van der Waals surface area (Å²) in [5.74, 6) is -2.47. The molecule has 11 heteroatoms. The van der Waals surface area contributed by atoms with Crippen molar-refractivity contribution < 1.29 is 32.2 Å². The summed E-state index contributed by atoms with van der Waals surface area (Å²) in [6.45, 7) is 16.2. The summed E-state index contributed by atoms with van der Waals surface area (Å²) in [5, 5.41) is 2.78. The summed E-state index contributed by atoms with van der Waals surface area (Å²) in [4.78, 5) is 41.9. The molecule has 1 aliphatic rings. The number of halogens is 3. The molecule has 1 N–H and O–H groups in total. The van der Waals surface area contributed by atoms with Crippen LogP contribution in [-0.4, -0.2) is 60.4 Å². The monoisotopic (exact) mass is 707 g/mol. The van der Waals surface area contributed by atoms with Crippen molar-refractivity contribution in [3.8, 4) is 16.9 Å². The van der Waals surface area contributed by atoms with Crippen LogP contribution in [0.1, 0.15) is 72.5 Å². The van der Waals surface area contributed by atoms with Crippen LogP contribution in [0.3, 0.4) is 0 Å². The molecule has 274 valence electrons. The van der Waals surface area contributed by atoms with Gasteiger partial charge in [0.05, 0.1) is 25.7 Å². The summed E-state index contributed by atoms with van der Waals surface area (Å²) < 4.78 is 56.8. The maximum Gasteiger partial charge on any atom is 0.308 e. The van der Waals surface area contributed by atoms with Gasteiger partial charge in [-0.2, -0.15) is 0 Å². The highest BCUT2D eigenvalue weighted by Crippen LogP contribution is 2.38. The van der Waals surface area contributed by atoms with E-state index >= 15 is 4.39 Å². The number of hydrogen-bond acceptors (Lipinski definition) is 6. The molecular formula is C40H48F3N3O5. The number of amides is 1. The van der Waals surface area contributed by atoms with Crippen LogP contribution in [-0.2, 0) is 20.7 Å². The molecule has 1 aromatic heterocycles. The number of hydrogen-bond donors (Lipinski definition) is 1. The first-order chi connectivity index (χ1) is 24.4. The highest BCUT2D eigenvalue weighted by Gasteiger charge is 2.30. The number of esters is 1. The van der Waals surface area contributed by atoms with Crippen LogP contribution >= 0.6 is 0 Å². The second-order valence-electron chi connectivity index (χ2n) is 13.1. The number of pyridine rings is 1. The lowest BCUT2D eigenvalue weighted by Crippen LogP contribution is -2.49. The molecule has 0 saturated carbocycles. The molecule has 2 atom stereocenters. The minimum absolute atomic E-state index is 0.0364.